The summed E-state index contributed by atoms with van der Waals surface area (Å²) in [6.45, 7) is 3.73. The Bertz CT molecular complexity index is 752. The van der Waals surface area contributed by atoms with E-state index in [1.807, 2.05) is 66.7 Å². The molecule has 0 spiro atoms. The molecule has 0 unspecified atom stereocenters. The normalized spacial score (nSPS) is 23.0. The number of aliphatic hydroxyl groups is 2. The summed E-state index contributed by atoms with van der Waals surface area (Å²) >= 11 is 0. The molecule has 3 rings (SSSR count). The van der Waals surface area contributed by atoms with Gasteiger partial charge in [-0.2, -0.15) is 0 Å². The summed E-state index contributed by atoms with van der Waals surface area (Å²) < 4.78 is 13.9. The third-order valence-electron chi connectivity index (χ3n) is 4.75. The van der Waals surface area contributed by atoms with Gasteiger partial charge < -0.3 is 14.8 Å². The Labute approximate surface area is 148 Å². The number of rotatable bonds is 4. The average molecular weight is 354 g/mol. The Hall–Kier alpha value is -1.93. The van der Waals surface area contributed by atoms with Crippen LogP contribution >= 0.6 is 7.14 Å². The minimum atomic E-state index is -2.81. The van der Waals surface area contributed by atoms with Gasteiger partial charge in [-0.1, -0.05) is 78.9 Å². The Morgan fingerprint density at radius 1 is 0.920 bits per heavy atom. The van der Waals surface area contributed by atoms with E-state index in [-0.39, 0.29) is 0 Å². The molecule has 1 fully saturated rings. The highest BCUT2D eigenvalue weighted by molar-refractivity contribution is 7.78. The van der Waals surface area contributed by atoms with E-state index >= 15 is 0 Å². The van der Waals surface area contributed by atoms with Crippen LogP contribution in [0.3, 0.4) is 0 Å². The Balaban J connectivity index is 1.93. The van der Waals surface area contributed by atoms with Gasteiger partial charge in [-0.05, 0) is 18.4 Å². The largest absolute Gasteiger partial charge is 0.388 e. The van der Waals surface area contributed by atoms with E-state index in [0.29, 0.717) is 24.6 Å². The molecule has 3 nitrogen and oxygen atoms in total. The summed E-state index contributed by atoms with van der Waals surface area (Å²) in [6, 6.07) is 19.0. The molecular weight excluding hydrogens is 331 g/mol. The molecule has 1 saturated carbocycles. The van der Waals surface area contributed by atoms with Crippen LogP contribution in [-0.4, -0.2) is 28.6 Å². The van der Waals surface area contributed by atoms with Crippen LogP contribution in [0.25, 0.3) is 0 Å². The molecule has 0 radical (unpaired) electrons. The van der Waals surface area contributed by atoms with Crippen LogP contribution in [0.2, 0.25) is 0 Å². The summed E-state index contributed by atoms with van der Waals surface area (Å²) in [6.07, 6.45) is 1.73. The number of aliphatic hydroxyl groups excluding tert-OH is 2. The maximum absolute atomic E-state index is 13.9. The van der Waals surface area contributed by atoms with Crippen molar-refractivity contribution in [3.63, 3.8) is 0 Å². The molecule has 130 valence electrons. The SMILES string of the molecule is C=C1[C@H](O)C/C(=C\CP(=O)(c2ccccc2)c2ccccc2)C[C@@H]1O. The van der Waals surface area contributed by atoms with Crippen LogP contribution in [0, 0.1) is 0 Å². The van der Waals surface area contributed by atoms with E-state index < -0.39 is 19.3 Å². The fourth-order valence-corrected chi connectivity index (χ4v) is 5.73. The molecule has 0 heterocycles. The van der Waals surface area contributed by atoms with Crippen LogP contribution in [-0.2, 0) is 4.57 Å². The van der Waals surface area contributed by atoms with Crippen LogP contribution in [0.4, 0.5) is 0 Å². The summed E-state index contributed by atoms with van der Waals surface area (Å²) in [7, 11) is -2.81. The van der Waals surface area contributed by atoms with Crippen molar-refractivity contribution in [2.75, 3.05) is 6.16 Å². The molecule has 2 N–H and O–H groups in total. The lowest BCUT2D eigenvalue weighted by molar-refractivity contribution is 0.123. The molecule has 1 aliphatic carbocycles. The molecule has 25 heavy (non-hydrogen) atoms. The first-order chi connectivity index (χ1) is 12.0. The first-order valence-corrected chi connectivity index (χ1v) is 10.3. The van der Waals surface area contributed by atoms with Gasteiger partial charge in [-0.3, -0.25) is 0 Å². The van der Waals surface area contributed by atoms with Crippen molar-refractivity contribution in [3.8, 4) is 0 Å². The number of hydrogen-bond donors (Lipinski definition) is 2. The highest BCUT2D eigenvalue weighted by Gasteiger charge is 2.29. The van der Waals surface area contributed by atoms with Crippen molar-refractivity contribution < 1.29 is 14.8 Å². The van der Waals surface area contributed by atoms with Crippen LogP contribution < -0.4 is 10.6 Å². The lowest BCUT2D eigenvalue weighted by Crippen LogP contribution is -2.28. The number of benzene rings is 2. The van der Waals surface area contributed by atoms with Gasteiger partial charge in [-0.25, -0.2) is 0 Å². The van der Waals surface area contributed by atoms with Crippen molar-refractivity contribution in [3.05, 3.63) is 84.5 Å². The van der Waals surface area contributed by atoms with Crippen molar-refractivity contribution in [1.29, 1.82) is 0 Å². The van der Waals surface area contributed by atoms with Gasteiger partial charge in [0.2, 0.25) is 0 Å². The monoisotopic (exact) mass is 354 g/mol. The minimum absolute atomic E-state index is 0.377. The third kappa shape index (κ3) is 3.85. The van der Waals surface area contributed by atoms with E-state index in [1.165, 1.54) is 0 Å². The van der Waals surface area contributed by atoms with Gasteiger partial charge in [0.1, 0.15) is 7.14 Å². The number of hydrogen-bond acceptors (Lipinski definition) is 3. The third-order valence-corrected chi connectivity index (χ3v) is 7.71. The molecule has 2 atom stereocenters. The van der Waals surface area contributed by atoms with Gasteiger partial charge in [0.25, 0.3) is 0 Å². The Kier molecular flexibility index (Phi) is 5.39. The predicted octanol–water partition coefficient (Wildman–Crippen LogP) is 3.00. The summed E-state index contributed by atoms with van der Waals surface area (Å²) in [5.74, 6) is 0. The second kappa shape index (κ2) is 7.53. The Morgan fingerprint density at radius 3 is 1.80 bits per heavy atom. The molecular formula is C21H23O3P. The maximum Gasteiger partial charge on any atom is 0.146 e. The standard InChI is InChI=1S/C21H23O3P/c1-16-20(22)14-17(15-21(16)23)12-13-25(24,18-8-4-2-5-9-18)19-10-6-3-7-11-19/h2-12,20-23H,1,13-15H2/b17-12-/t20-,21+/m0/s1. The molecule has 0 bridgehead atoms. The maximum atomic E-state index is 13.9. The second-order valence-corrected chi connectivity index (χ2v) is 9.35. The molecule has 0 aliphatic heterocycles. The average Bonchev–Trinajstić information content (AvgIpc) is 2.65. The topological polar surface area (TPSA) is 57.5 Å². The molecule has 0 aromatic heterocycles. The van der Waals surface area contributed by atoms with Crippen molar-refractivity contribution in [1.82, 2.24) is 0 Å². The van der Waals surface area contributed by atoms with Crippen LogP contribution in [0.5, 0.6) is 0 Å². The lowest BCUT2D eigenvalue weighted by atomic mass is 9.87. The van der Waals surface area contributed by atoms with E-state index in [2.05, 4.69) is 6.58 Å². The highest BCUT2D eigenvalue weighted by Crippen LogP contribution is 2.44. The van der Waals surface area contributed by atoms with Gasteiger partial charge in [-0.15, -0.1) is 0 Å². The smallest absolute Gasteiger partial charge is 0.146 e. The first kappa shape index (κ1) is 17.9. The van der Waals surface area contributed by atoms with Crippen molar-refractivity contribution in [2.45, 2.75) is 25.0 Å². The fraction of sp³-hybridized carbons (Fsp3) is 0.238. The molecule has 2 aromatic rings. The quantitative estimate of drug-likeness (QED) is 0.656. The van der Waals surface area contributed by atoms with Crippen LogP contribution in [0.15, 0.2) is 84.5 Å². The zero-order valence-electron chi connectivity index (χ0n) is 14.1. The fourth-order valence-electron chi connectivity index (χ4n) is 3.19. The summed E-state index contributed by atoms with van der Waals surface area (Å²) in [4.78, 5) is 0. The van der Waals surface area contributed by atoms with Crippen molar-refractivity contribution >= 4 is 17.8 Å². The van der Waals surface area contributed by atoms with Crippen LogP contribution in [0.1, 0.15) is 12.8 Å². The second-order valence-electron chi connectivity index (χ2n) is 6.47. The Morgan fingerprint density at radius 2 is 1.36 bits per heavy atom. The zero-order chi connectivity index (χ0) is 17.9. The van der Waals surface area contributed by atoms with E-state index in [1.54, 1.807) is 0 Å². The minimum Gasteiger partial charge on any atom is -0.388 e. The summed E-state index contributed by atoms with van der Waals surface area (Å²) in [5, 5.41) is 21.7. The van der Waals surface area contributed by atoms with Gasteiger partial charge in [0.05, 0.1) is 12.2 Å². The zero-order valence-corrected chi connectivity index (χ0v) is 15.0. The molecule has 4 heteroatoms. The molecule has 0 saturated heterocycles. The van der Waals surface area contributed by atoms with Crippen molar-refractivity contribution in [2.24, 2.45) is 0 Å². The molecule has 1 aliphatic rings. The lowest BCUT2D eigenvalue weighted by Gasteiger charge is -2.28. The van der Waals surface area contributed by atoms with Gasteiger partial charge in [0, 0.05) is 16.8 Å². The summed E-state index contributed by atoms with van der Waals surface area (Å²) in [5.41, 5.74) is 1.39. The van der Waals surface area contributed by atoms with Gasteiger partial charge >= 0.3 is 0 Å². The van der Waals surface area contributed by atoms with Gasteiger partial charge in [0.15, 0.2) is 0 Å². The van der Waals surface area contributed by atoms with E-state index in [4.69, 9.17) is 0 Å². The first-order valence-electron chi connectivity index (χ1n) is 8.44. The highest BCUT2D eigenvalue weighted by atomic mass is 31.2. The number of allylic oxidation sites excluding steroid dienone is 1. The molecule has 0 amide bonds. The van der Waals surface area contributed by atoms with E-state index in [0.717, 1.165) is 16.2 Å². The molecule has 2 aromatic carbocycles. The predicted molar refractivity (Wildman–Crippen MR) is 103 cm³/mol. The van der Waals surface area contributed by atoms with E-state index in [9.17, 15) is 14.8 Å².